The zero-order valence-corrected chi connectivity index (χ0v) is 11.6. The largest absolute Gasteiger partial charge is 0.573 e. The summed E-state index contributed by atoms with van der Waals surface area (Å²) in [7, 11) is 0. The van der Waals surface area contributed by atoms with E-state index < -0.39 is 18.1 Å². The summed E-state index contributed by atoms with van der Waals surface area (Å²) < 4.78 is 45.0. The Morgan fingerprint density at radius 2 is 1.80 bits per heavy atom. The van der Waals surface area contributed by atoms with Gasteiger partial charge in [-0.2, -0.15) is 0 Å². The molecule has 112 valence electrons. The molecule has 0 bridgehead atoms. The SMILES string of the molecule is Cc1cc(OC(F)(F)F)ccc1NC(=O)OC(C)(C)C. The molecular formula is C13H16F3NO3. The standard InChI is InChI=1S/C13H16F3NO3/c1-8-7-9(19-13(14,15)16)5-6-10(8)17-11(18)20-12(2,3)4/h5-7H,1-4H3,(H,17,18). The van der Waals surface area contributed by atoms with Gasteiger partial charge in [0, 0.05) is 5.69 Å². The van der Waals surface area contributed by atoms with Crippen molar-refractivity contribution >= 4 is 11.8 Å². The third-order valence-electron chi connectivity index (χ3n) is 2.07. The number of anilines is 1. The molecule has 20 heavy (non-hydrogen) atoms. The van der Waals surface area contributed by atoms with Gasteiger partial charge in [-0.3, -0.25) is 5.32 Å². The molecule has 0 aliphatic rings. The number of hydrogen-bond donors (Lipinski definition) is 1. The topological polar surface area (TPSA) is 47.6 Å². The number of nitrogens with one attached hydrogen (secondary N) is 1. The molecule has 0 saturated carbocycles. The van der Waals surface area contributed by atoms with Crippen molar-refractivity contribution in [2.75, 3.05) is 5.32 Å². The number of halogens is 3. The van der Waals surface area contributed by atoms with Crippen molar-refractivity contribution in [2.24, 2.45) is 0 Å². The highest BCUT2D eigenvalue weighted by molar-refractivity contribution is 5.86. The summed E-state index contributed by atoms with van der Waals surface area (Å²) in [5, 5.41) is 2.46. The number of amides is 1. The van der Waals surface area contributed by atoms with Crippen LogP contribution in [0.15, 0.2) is 18.2 Å². The maximum absolute atomic E-state index is 12.1. The Morgan fingerprint density at radius 3 is 2.25 bits per heavy atom. The average molecular weight is 291 g/mol. The molecule has 0 fully saturated rings. The molecule has 1 aromatic carbocycles. The lowest BCUT2D eigenvalue weighted by atomic mass is 10.2. The second-order valence-electron chi connectivity index (χ2n) is 5.15. The molecule has 1 rings (SSSR count). The average Bonchev–Trinajstić information content (AvgIpc) is 2.17. The molecule has 0 aliphatic carbocycles. The van der Waals surface area contributed by atoms with E-state index in [-0.39, 0.29) is 5.75 Å². The van der Waals surface area contributed by atoms with Gasteiger partial charge in [0.05, 0.1) is 0 Å². The van der Waals surface area contributed by atoms with Crippen LogP contribution in [0.1, 0.15) is 26.3 Å². The minimum Gasteiger partial charge on any atom is -0.444 e. The number of hydrogen-bond acceptors (Lipinski definition) is 3. The van der Waals surface area contributed by atoms with E-state index in [0.29, 0.717) is 11.3 Å². The van der Waals surface area contributed by atoms with Crippen LogP contribution in [-0.4, -0.2) is 18.1 Å². The zero-order chi connectivity index (χ0) is 15.6. The Hall–Kier alpha value is -1.92. The van der Waals surface area contributed by atoms with Crippen molar-refractivity contribution in [3.63, 3.8) is 0 Å². The number of benzene rings is 1. The third-order valence-corrected chi connectivity index (χ3v) is 2.07. The lowest BCUT2D eigenvalue weighted by molar-refractivity contribution is -0.274. The summed E-state index contributed by atoms with van der Waals surface area (Å²) in [6, 6.07) is 3.62. The maximum atomic E-state index is 12.1. The lowest BCUT2D eigenvalue weighted by Crippen LogP contribution is -2.27. The van der Waals surface area contributed by atoms with Crippen molar-refractivity contribution in [2.45, 2.75) is 39.7 Å². The predicted molar refractivity (Wildman–Crippen MR) is 67.7 cm³/mol. The van der Waals surface area contributed by atoms with E-state index in [2.05, 4.69) is 10.1 Å². The Labute approximate surface area is 114 Å². The minimum absolute atomic E-state index is 0.343. The first-order chi connectivity index (χ1) is 8.96. The lowest BCUT2D eigenvalue weighted by Gasteiger charge is -2.20. The van der Waals surface area contributed by atoms with E-state index in [1.54, 1.807) is 27.7 Å². The van der Waals surface area contributed by atoms with Crippen molar-refractivity contribution in [3.05, 3.63) is 23.8 Å². The normalized spacial score (nSPS) is 11.9. The quantitative estimate of drug-likeness (QED) is 0.886. The van der Waals surface area contributed by atoms with E-state index in [9.17, 15) is 18.0 Å². The van der Waals surface area contributed by atoms with Crippen LogP contribution in [-0.2, 0) is 4.74 Å². The molecule has 4 nitrogen and oxygen atoms in total. The van der Waals surface area contributed by atoms with Gasteiger partial charge in [0.2, 0.25) is 0 Å². The number of ether oxygens (including phenoxy) is 2. The van der Waals surface area contributed by atoms with E-state index in [4.69, 9.17) is 4.74 Å². The summed E-state index contributed by atoms with van der Waals surface area (Å²) in [6.07, 6.45) is -5.42. The number of alkyl halides is 3. The summed E-state index contributed by atoms with van der Waals surface area (Å²) in [5.41, 5.74) is 0.128. The first kappa shape index (κ1) is 16.1. The molecule has 0 radical (unpaired) electrons. The minimum atomic E-state index is -4.74. The van der Waals surface area contributed by atoms with Gasteiger partial charge >= 0.3 is 12.5 Å². The zero-order valence-electron chi connectivity index (χ0n) is 11.6. The van der Waals surface area contributed by atoms with Crippen LogP contribution in [0.2, 0.25) is 0 Å². The Bertz CT molecular complexity index is 493. The molecule has 7 heteroatoms. The molecule has 0 unspecified atom stereocenters. The van der Waals surface area contributed by atoms with Crippen LogP contribution in [0, 0.1) is 6.92 Å². The molecule has 1 amide bonds. The van der Waals surface area contributed by atoms with Crippen LogP contribution in [0.3, 0.4) is 0 Å². The van der Waals surface area contributed by atoms with E-state index >= 15 is 0 Å². The second-order valence-corrected chi connectivity index (χ2v) is 5.15. The van der Waals surface area contributed by atoms with Crippen molar-refractivity contribution in [3.8, 4) is 5.75 Å². The predicted octanol–water partition coefficient (Wildman–Crippen LogP) is 4.24. The molecule has 0 spiro atoms. The van der Waals surface area contributed by atoms with Gasteiger partial charge in [0.1, 0.15) is 11.4 Å². The molecule has 1 N–H and O–H groups in total. The Morgan fingerprint density at radius 1 is 1.20 bits per heavy atom. The highest BCUT2D eigenvalue weighted by Gasteiger charge is 2.31. The number of aryl methyl sites for hydroxylation is 1. The smallest absolute Gasteiger partial charge is 0.444 e. The Balaban J connectivity index is 2.76. The van der Waals surface area contributed by atoms with Crippen LogP contribution in [0.5, 0.6) is 5.75 Å². The highest BCUT2D eigenvalue weighted by Crippen LogP contribution is 2.27. The molecule has 1 aromatic rings. The maximum Gasteiger partial charge on any atom is 0.573 e. The van der Waals surface area contributed by atoms with Gasteiger partial charge in [0.25, 0.3) is 0 Å². The highest BCUT2D eigenvalue weighted by atomic mass is 19.4. The number of carbonyl (C=O) groups excluding carboxylic acids is 1. The van der Waals surface area contributed by atoms with Gasteiger partial charge in [-0.1, -0.05) is 0 Å². The molecular weight excluding hydrogens is 275 g/mol. The van der Waals surface area contributed by atoms with Gasteiger partial charge in [-0.05, 0) is 51.5 Å². The fourth-order valence-electron chi connectivity index (χ4n) is 1.39. The van der Waals surface area contributed by atoms with Gasteiger partial charge < -0.3 is 9.47 Å². The van der Waals surface area contributed by atoms with E-state index in [1.165, 1.54) is 12.1 Å². The summed E-state index contributed by atoms with van der Waals surface area (Å²) in [6.45, 7) is 6.68. The number of carbonyl (C=O) groups is 1. The summed E-state index contributed by atoms with van der Waals surface area (Å²) >= 11 is 0. The first-order valence-electron chi connectivity index (χ1n) is 5.83. The molecule has 0 aromatic heterocycles. The van der Waals surface area contributed by atoms with Gasteiger partial charge in [0.15, 0.2) is 0 Å². The van der Waals surface area contributed by atoms with Crippen LogP contribution < -0.4 is 10.1 Å². The fourth-order valence-corrected chi connectivity index (χ4v) is 1.39. The van der Waals surface area contributed by atoms with Crippen molar-refractivity contribution in [1.29, 1.82) is 0 Å². The summed E-state index contributed by atoms with van der Waals surface area (Å²) in [5.74, 6) is -0.343. The monoisotopic (exact) mass is 291 g/mol. The van der Waals surface area contributed by atoms with Gasteiger partial charge in [-0.25, -0.2) is 4.79 Å². The van der Waals surface area contributed by atoms with Crippen LogP contribution in [0.4, 0.5) is 23.7 Å². The van der Waals surface area contributed by atoms with Crippen LogP contribution in [0.25, 0.3) is 0 Å². The Kier molecular flexibility index (Phi) is 4.52. The molecule has 0 aliphatic heterocycles. The summed E-state index contributed by atoms with van der Waals surface area (Å²) in [4.78, 5) is 11.5. The third kappa shape index (κ3) is 5.81. The van der Waals surface area contributed by atoms with E-state index in [1.807, 2.05) is 0 Å². The molecule has 0 atom stereocenters. The fraction of sp³-hybridized carbons (Fsp3) is 0.462. The first-order valence-corrected chi connectivity index (χ1v) is 5.83. The van der Waals surface area contributed by atoms with E-state index in [0.717, 1.165) is 6.07 Å². The number of rotatable bonds is 2. The molecule has 0 heterocycles. The van der Waals surface area contributed by atoms with Crippen molar-refractivity contribution < 1.29 is 27.4 Å². The van der Waals surface area contributed by atoms with Crippen molar-refractivity contribution in [1.82, 2.24) is 0 Å². The second kappa shape index (κ2) is 5.60. The van der Waals surface area contributed by atoms with Gasteiger partial charge in [-0.15, -0.1) is 13.2 Å². The van der Waals surface area contributed by atoms with Crippen LogP contribution >= 0.6 is 0 Å². The molecule has 0 saturated heterocycles.